The number of aromatic nitrogens is 1. The molecule has 1 heterocycles. The van der Waals surface area contributed by atoms with E-state index in [1.165, 1.54) is 10.5 Å². The molecule has 0 fully saturated rings. The molecule has 1 aromatic heterocycles. The Kier molecular flexibility index (Phi) is 6.07. The summed E-state index contributed by atoms with van der Waals surface area (Å²) < 4.78 is 6.33. The third kappa shape index (κ3) is 5.88. The summed E-state index contributed by atoms with van der Waals surface area (Å²) in [6.45, 7) is 8.07. The normalized spacial score (nSPS) is 11.3. The Morgan fingerprint density at radius 2 is 2.09 bits per heavy atom. The molecule has 1 N–H and O–H groups in total. The monoisotopic (exact) mass is 350 g/mol. The summed E-state index contributed by atoms with van der Waals surface area (Å²) in [6.07, 6.45) is 2.45. The number of hydrogen-bond donors (Lipinski definition) is 1. The Balaban J connectivity index is 1.92. The lowest BCUT2D eigenvalue weighted by atomic mass is 10.2. The van der Waals surface area contributed by atoms with Crippen LogP contribution in [0, 0.1) is 0 Å². The van der Waals surface area contributed by atoms with Gasteiger partial charge in [-0.2, -0.15) is 0 Å². The molecule has 0 aliphatic carbocycles. The number of aryl methyl sites for hydroxylation is 1. The fourth-order valence-corrected chi connectivity index (χ4v) is 4.01. The quantitative estimate of drug-likeness (QED) is 0.835. The number of nitrogens with zero attached hydrogens (tertiary/aromatic N) is 1. The minimum absolute atomic E-state index is 0.384. The van der Waals surface area contributed by atoms with Crippen molar-refractivity contribution < 1.29 is 9.53 Å². The maximum Gasteiger partial charge on any atom is 0.408 e. The van der Waals surface area contributed by atoms with Crippen LogP contribution in [0.25, 0.3) is 0 Å². The van der Waals surface area contributed by atoms with Crippen molar-refractivity contribution in [3.63, 3.8) is 0 Å². The molecular weight excluding hydrogens is 328 g/mol. The predicted molar refractivity (Wildman–Crippen MR) is 95.1 cm³/mol. The molecule has 0 aliphatic rings. The van der Waals surface area contributed by atoms with Gasteiger partial charge in [0.15, 0.2) is 0 Å². The van der Waals surface area contributed by atoms with Crippen molar-refractivity contribution in [2.45, 2.75) is 55.4 Å². The molecule has 0 radical (unpaired) electrons. The summed E-state index contributed by atoms with van der Waals surface area (Å²) in [5.41, 5.74) is 0.844. The maximum atomic E-state index is 11.7. The molecule has 2 aromatic rings. The number of alkyl carbamates (subject to hydrolysis) is 1. The highest BCUT2D eigenvalue weighted by Crippen LogP contribution is 2.34. The van der Waals surface area contributed by atoms with E-state index >= 15 is 0 Å². The van der Waals surface area contributed by atoms with E-state index in [0.29, 0.717) is 6.54 Å². The summed E-state index contributed by atoms with van der Waals surface area (Å²) in [7, 11) is 0. The van der Waals surface area contributed by atoms with Crippen LogP contribution in [0.4, 0.5) is 4.79 Å². The average Bonchev–Trinajstić information content (AvgIpc) is 2.91. The van der Waals surface area contributed by atoms with Crippen LogP contribution < -0.4 is 5.32 Å². The van der Waals surface area contributed by atoms with Gasteiger partial charge >= 0.3 is 6.09 Å². The number of carbonyl (C=O) groups excluding carboxylic acids is 1. The Labute approximate surface area is 145 Å². The van der Waals surface area contributed by atoms with E-state index in [4.69, 9.17) is 4.74 Å². The van der Waals surface area contributed by atoms with Crippen LogP contribution in [-0.2, 0) is 17.7 Å². The molecule has 124 valence electrons. The lowest BCUT2D eigenvalue weighted by molar-refractivity contribution is 0.0523. The molecular formula is C17H22N2O2S2. The van der Waals surface area contributed by atoms with Crippen molar-refractivity contribution >= 4 is 29.2 Å². The zero-order valence-electron chi connectivity index (χ0n) is 13.9. The lowest BCUT2D eigenvalue weighted by Gasteiger charge is -2.19. The third-order valence-electron chi connectivity index (χ3n) is 2.88. The first-order valence-corrected chi connectivity index (χ1v) is 9.18. The lowest BCUT2D eigenvalue weighted by Crippen LogP contribution is -2.32. The molecule has 1 aromatic carbocycles. The highest BCUT2D eigenvalue weighted by molar-refractivity contribution is 8.01. The second kappa shape index (κ2) is 7.84. The molecule has 0 saturated heterocycles. The summed E-state index contributed by atoms with van der Waals surface area (Å²) >= 11 is 3.30. The zero-order valence-corrected chi connectivity index (χ0v) is 15.5. The van der Waals surface area contributed by atoms with Gasteiger partial charge in [-0.15, -0.1) is 11.3 Å². The van der Waals surface area contributed by atoms with Crippen molar-refractivity contribution in [1.82, 2.24) is 10.3 Å². The number of rotatable bonds is 5. The Bertz CT molecular complexity index is 663. The van der Waals surface area contributed by atoms with Crippen LogP contribution in [0.3, 0.4) is 0 Å². The van der Waals surface area contributed by atoms with Gasteiger partial charge in [-0.25, -0.2) is 9.78 Å². The fourth-order valence-electron chi connectivity index (χ4n) is 1.89. The first kappa shape index (κ1) is 17.8. The largest absolute Gasteiger partial charge is 0.444 e. The number of ether oxygens (including phenoxy) is 1. The van der Waals surface area contributed by atoms with E-state index < -0.39 is 11.7 Å². The van der Waals surface area contributed by atoms with Crippen LogP contribution in [0.2, 0.25) is 0 Å². The molecule has 0 saturated carbocycles. The van der Waals surface area contributed by atoms with Crippen LogP contribution in [-0.4, -0.2) is 16.7 Å². The van der Waals surface area contributed by atoms with E-state index in [-0.39, 0.29) is 0 Å². The summed E-state index contributed by atoms with van der Waals surface area (Å²) in [6, 6.07) is 8.38. The van der Waals surface area contributed by atoms with Gasteiger partial charge in [0.25, 0.3) is 0 Å². The number of carbonyl (C=O) groups is 1. The second-order valence-corrected chi connectivity index (χ2v) is 8.45. The topological polar surface area (TPSA) is 51.2 Å². The molecule has 2 rings (SSSR count). The van der Waals surface area contributed by atoms with Crippen LogP contribution in [0.5, 0.6) is 0 Å². The molecule has 4 nitrogen and oxygen atoms in total. The second-order valence-electron chi connectivity index (χ2n) is 5.99. The van der Waals surface area contributed by atoms with Crippen molar-refractivity contribution in [2.24, 2.45) is 0 Å². The highest BCUT2D eigenvalue weighted by atomic mass is 32.2. The molecule has 0 aliphatic heterocycles. The van der Waals surface area contributed by atoms with E-state index in [2.05, 4.69) is 35.4 Å². The SMILES string of the molecule is CCc1ccccc1Sc1cnc(CNC(=O)OC(C)(C)C)s1. The highest BCUT2D eigenvalue weighted by Gasteiger charge is 2.16. The van der Waals surface area contributed by atoms with Crippen molar-refractivity contribution in [1.29, 1.82) is 0 Å². The van der Waals surface area contributed by atoms with Gasteiger partial charge in [-0.05, 0) is 38.8 Å². The summed E-state index contributed by atoms with van der Waals surface area (Å²) in [4.78, 5) is 17.3. The Hall–Kier alpha value is -1.53. The van der Waals surface area contributed by atoms with Crippen molar-refractivity contribution in [2.75, 3.05) is 0 Å². The Morgan fingerprint density at radius 1 is 1.35 bits per heavy atom. The zero-order chi connectivity index (χ0) is 16.9. The summed E-state index contributed by atoms with van der Waals surface area (Å²) in [5, 5.41) is 3.60. The van der Waals surface area contributed by atoms with Gasteiger partial charge in [0.1, 0.15) is 10.6 Å². The maximum absolute atomic E-state index is 11.7. The minimum atomic E-state index is -0.488. The molecule has 6 heteroatoms. The Morgan fingerprint density at radius 3 is 2.78 bits per heavy atom. The molecule has 0 spiro atoms. The van der Waals surface area contributed by atoms with E-state index in [9.17, 15) is 4.79 Å². The van der Waals surface area contributed by atoms with Gasteiger partial charge in [0.05, 0.1) is 17.0 Å². The van der Waals surface area contributed by atoms with Gasteiger partial charge in [-0.1, -0.05) is 36.9 Å². The molecule has 1 amide bonds. The van der Waals surface area contributed by atoms with Crippen LogP contribution in [0.15, 0.2) is 39.6 Å². The van der Waals surface area contributed by atoms with Gasteiger partial charge < -0.3 is 10.1 Å². The number of benzene rings is 1. The van der Waals surface area contributed by atoms with Crippen molar-refractivity contribution in [3.05, 3.63) is 41.0 Å². The van der Waals surface area contributed by atoms with Crippen molar-refractivity contribution in [3.8, 4) is 0 Å². The first-order valence-electron chi connectivity index (χ1n) is 7.54. The molecule has 0 atom stereocenters. The fraction of sp³-hybridized carbons (Fsp3) is 0.412. The number of amides is 1. The summed E-state index contributed by atoms with van der Waals surface area (Å²) in [5.74, 6) is 0. The predicted octanol–water partition coefficient (Wildman–Crippen LogP) is 4.88. The van der Waals surface area contributed by atoms with E-state index in [1.807, 2.05) is 33.0 Å². The van der Waals surface area contributed by atoms with Gasteiger partial charge in [-0.3, -0.25) is 0 Å². The van der Waals surface area contributed by atoms with E-state index in [0.717, 1.165) is 15.6 Å². The smallest absolute Gasteiger partial charge is 0.408 e. The molecule has 0 unspecified atom stereocenters. The molecule has 0 bridgehead atoms. The third-order valence-corrected chi connectivity index (χ3v) is 5.10. The number of thiazole rings is 1. The van der Waals surface area contributed by atoms with Gasteiger partial charge in [0, 0.05) is 4.90 Å². The number of hydrogen-bond acceptors (Lipinski definition) is 5. The first-order chi connectivity index (χ1) is 10.9. The standard InChI is InChI=1S/C17H22N2O2S2/c1-5-12-8-6-7-9-13(12)22-15-11-18-14(23-15)10-19-16(20)21-17(2,3)4/h6-9,11H,5,10H2,1-4H3,(H,19,20). The number of nitrogens with one attached hydrogen (secondary N) is 1. The van der Waals surface area contributed by atoms with E-state index in [1.54, 1.807) is 23.1 Å². The van der Waals surface area contributed by atoms with Gasteiger partial charge in [0.2, 0.25) is 0 Å². The minimum Gasteiger partial charge on any atom is -0.444 e. The average molecular weight is 351 g/mol. The van der Waals surface area contributed by atoms with Crippen LogP contribution in [0.1, 0.15) is 38.3 Å². The van der Waals surface area contributed by atoms with Crippen LogP contribution >= 0.6 is 23.1 Å². The molecule has 23 heavy (non-hydrogen) atoms.